The van der Waals surface area contributed by atoms with E-state index >= 15 is 0 Å². The second-order valence-electron chi connectivity index (χ2n) is 7.05. The molecule has 3 aromatic heterocycles. The average Bonchev–Trinajstić information content (AvgIpc) is 3.39. The maximum absolute atomic E-state index is 12.9. The van der Waals surface area contributed by atoms with Crippen molar-refractivity contribution in [3.8, 4) is 11.5 Å². The molecular formula is C20H18N6O2. The molecule has 0 saturated heterocycles. The third-order valence-corrected chi connectivity index (χ3v) is 5.03. The molecule has 1 aliphatic rings. The van der Waals surface area contributed by atoms with Crippen LogP contribution in [-0.2, 0) is 6.42 Å². The van der Waals surface area contributed by atoms with E-state index in [1.807, 2.05) is 25.3 Å². The van der Waals surface area contributed by atoms with Gasteiger partial charge in [-0.3, -0.25) is 9.20 Å². The SMILES string of the molecule is Cc1cnc2ncc(C(=O)N[C@@H]3CCc4cc(-c5nnc(C)o5)ccc43)n2c1. The van der Waals surface area contributed by atoms with Crippen molar-refractivity contribution in [2.24, 2.45) is 0 Å². The van der Waals surface area contributed by atoms with Crippen molar-refractivity contribution >= 4 is 11.7 Å². The molecule has 0 spiro atoms. The molecule has 0 unspecified atom stereocenters. The number of aromatic nitrogens is 5. The zero-order valence-corrected chi connectivity index (χ0v) is 15.5. The fourth-order valence-corrected chi connectivity index (χ4v) is 3.68. The van der Waals surface area contributed by atoms with E-state index in [0.717, 1.165) is 29.5 Å². The summed E-state index contributed by atoms with van der Waals surface area (Å²) in [7, 11) is 0. The second-order valence-corrected chi connectivity index (χ2v) is 7.05. The molecule has 1 aliphatic carbocycles. The number of rotatable bonds is 3. The molecule has 1 aromatic carbocycles. The summed E-state index contributed by atoms with van der Waals surface area (Å²) in [6, 6.07) is 6.01. The van der Waals surface area contributed by atoms with Crippen LogP contribution in [0.4, 0.5) is 0 Å². The molecule has 4 aromatic rings. The Hall–Kier alpha value is -3.55. The Morgan fingerprint density at radius 2 is 2.07 bits per heavy atom. The highest BCUT2D eigenvalue weighted by molar-refractivity contribution is 5.93. The summed E-state index contributed by atoms with van der Waals surface area (Å²) >= 11 is 0. The van der Waals surface area contributed by atoms with Gasteiger partial charge in [-0.1, -0.05) is 6.07 Å². The number of imidazole rings is 1. The van der Waals surface area contributed by atoms with Crippen LogP contribution in [0.2, 0.25) is 0 Å². The van der Waals surface area contributed by atoms with E-state index in [0.29, 0.717) is 23.3 Å². The lowest BCUT2D eigenvalue weighted by molar-refractivity contribution is 0.0930. The molecule has 0 aliphatic heterocycles. The first kappa shape index (κ1) is 16.6. The van der Waals surface area contributed by atoms with Crippen molar-refractivity contribution in [1.29, 1.82) is 0 Å². The standard InChI is InChI=1S/C20H18N6O2/c1-11-8-21-20-22-9-17(26(20)10-11)18(27)23-16-6-4-13-7-14(3-5-15(13)16)19-25-24-12(2)28-19/h3,5,7-10,16H,4,6H2,1-2H3,(H,23,27)/t16-/m1/s1. The van der Waals surface area contributed by atoms with Crippen LogP contribution >= 0.6 is 0 Å². The van der Waals surface area contributed by atoms with E-state index in [4.69, 9.17) is 4.42 Å². The summed E-state index contributed by atoms with van der Waals surface area (Å²) in [5, 5.41) is 11.1. The van der Waals surface area contributed by atoms with Crippen molar-refractivity contribution in [3.63, 3.8) is 0 Å². The molecule has 140 valence electrons. The lowest BCUT2D eigenvalue weighted by Gasteiger charge is -2.14. The van der Waals surface area contributed by atoms with Crippen LogP contribution in [0.25, 0.3) is 17.2 Å². The van der Waals surface area contributed by atoms with Gasteiger partial charge in [0.2, 0.25) is 17.6 Å². The van der Waals surface area contributed by atoms with Crippen molar-refractivity contribution in [2.45, 2.75) is 32.7 Å². The molecule has 1 atom stereocenters. The molecule has 0 saturated carbocycles. The average molecular weight is 374 g/mol. The molecule has 8 nitrogen and oxygen atoms in total. The van der Waals surface area contributed by atoms with Gasteiger partial charge in [-0.05, 0) is 48.6 Å². The Kier molecular flexibility index (Phi) is 3.71. The number of fused-ring (bicyclic) bond motifs is 2. The molecule has 3 heterocycles. The van der Waals surface area contributed by atoms with Gasteiger partial charge in [-0.2, -0.15) is 0 Å². The highest BCUT2D eigenvalue weighted by Gasteiger charge is 2.26. The Bertz CT molecular complexity index is 1210. The van der Waals surface area contributed by atoms with Crippen LogP contribution in [0.1, 0.15) is 45.5 Å². The van der Waals surface area contributed by atoms with Gasteiger partial charge in [0.1, 0.15) is 5.69 Å². The smallest absolute Gasteiger partial charge is 0.270 e. The third-order valence-electron chi connectivity index (χ3n) is 5.03. The molecule has 8 heteroatoms. The Morgan fingerprint density at radius 3 is 2.89 bits per heavy atom. The number of amides is 1. The number of aryl methyl sites for hydroxylation is 3. The van der Waals surface area contributed by atoms with Crippen molar-refractivity contribution in [3.05, 3.63) is 65.1 Å². The second kappa shape index (κ2) is 6.26. The molecular weight excluding hydrogens is 356 g/mol. The zero-order chi connectivity index (χ0) is 19.3. The number of hydrogen-bond donors (Lipinski definition) is 1. The lowest BCUT2D eigenvalue weighted by Crippen LogP contribution is -2.28. The molecule has 5 rings (SSSR count). The van der Waals surface area contributed by atoms with E-state index in [9.17, 15) is 4.79 Å². The number of carbonyl (C=O) groups is 1. The summed E-state index contributed by atoms with van der Waals surface area (Å²) in [6.07, 6.45) is 6.90. The number of benzene rings is 1. The van der Waals surface area contributed by atoms with Crippen LogP contribution in [0.5, 0.6) is 0 Å². The zero-order valence-electron chi connectivity index (χ0n) is 15.5. The fraction of sp³-hybridized carbons (Fsp3) is 0.250. The number of nitrogens with zero attached hydrogens (tertiary/aromatic N) is 5. The monoisotopic (exact) mass is 374 g/mol. The van der Waals surface area contributed by atoms with Crippen molar-refractivity contribution < 1.29 is 9.21 Å². The first-order valence-electron chi connectivity index (χ1n) is 9.12. The minimum Gasteiger partial charge on any atom is -0.421 e. The minimum absolute atomic E-state index is 0.0377. The van der Waals surface area contributed by atoms with Crippen LogP contribution in [0.3, 0.4) is 0 Å². The van der Waals surface area contributed by atoms with Crippen LogP contribution in [0.15, 0.2) is 41.2 Å². The van der Waals surface area contributed by atoms with Gasteiger partial charge in [0.25, 0.3) is 5.91 Å². The molecule has 0 bridgehead atoms. The molecule has 1 amide bonds. The van der Waals surface area contributed by atoms with Gasteiger partial charge in [0, 0.05) is 24.9 Å². The van der Waals surface area contributed by atoms with Crippen molar-refractivity contribution in [1.82, 2.24) is 29.9 Å². The van der Waals surface area contributed by atoms with E-state index < -0.39 is 0 Å². The first-order valence-corrected chi connectivity index (χ1v) is 9.12. The number of nitrogens with one attached hydrogen (secondary N) is 1. The van der Waals surface area contributed by atoms with Crippen molar-refractivity contribution in [2.75, 3.05) is 0 Å². The van der Waals surface area contributed by atoms with E-state index in [1.54, 1.807) is 23.7 Å². The number of hydrogen-bond acceptors (Lipinski definition) is 6. The maximum Gasteiger partial charge on any atom is 0.270 e. The molecule has 28 heavy (non-hydrogen) atoms. The van der Waals surface area contributed by atoms with Gasteiger partial charge < -0.3 is 9.73 Å². The summed E-state index contributed by atoms with van der Waals surface area (Å²) in [6.45, 7) is 3.70. The molecule has 0 radical (unpaired) electrons. The fourth-order valence-electron chi connectivity index (χ4n) is 3.68. The minimum atomic E-state index is -0.158. The van der Waals surface area contributed by atoms with Gasteiger partial charge in [-0.25, -0.2) is 9.97 Å². The summed E-state index contributed by atoms with van der Waals surface area (Å²) in [5.41, 5.74) is 4.66. The van der Waals surface area contributed by atoms with Crippen LogP contribution in [0, 0.1) is 13.8 Å². The van der Waals surface area contributed by atoms with Crippen LogP contribution < -0.4 is 5.32 Å². The van der Waals surface area contributed by atoms with Gasteiger partial charge >= 0.3 is 0 Å². The van der Waals surface area contributed by atoms with E-state index in [-0.39, 0.29) is 11.9 Å². The number of carbonyl (C=O) groups excluding carboxylic acids is 1. The predicted molar refractivity (Wildman–Crippen MR) is 101 cm³/mol. The van der Waals surface area contributed by atoms with Gasteiger partial charge in [-0.15, -0.1) is 10.2 Å². The van der Waals surface area contributed by atoms with Gasteiger partial charge in [0.05, 0.1) is 12.2 Å². The molecule has 0 fully saturated rings. The predicted octanol–water partition coefficient (Wildman–Crippen LogP) is 2.81. The summed E-state index contributed by atoms with van der Waals surface area (Å²) in [4.78, 5) is 21.3. The first-order chi connectivity index (χ1) is 13.6. The third kappa shape index (κ3) is 2.74. The lowest BCUT2D eigenvalue weighted by atomic mass is 10.0. The highest BCUT2D eigenvalue weighted by atomic mass is 16.4. The Morgan fingerprint density at radius 1 is 1.21 bits per heavy atom. The Labute approximate surface area is 160 Å². The highest BCUT2D eigenvalue weighted by Crippen LogP contribution is 2.34. The summed E-state index contributed by atoms with van der Waals surface area (Å²) in [5.74, 6) is 1.41. The topological polar surface area (TPSA) is 98.2 Å². The maximum atomic E-state index is 12.9. The largest absolute Gasteiger partial charge is 0.421 e. The van der Waals surface area contributed by atoms with Crippen LogP contribution in [-0.4, -0.2) is 30.5 Å². The van der Waals surface area contributed by atoms with Gasteiger partial charge in [0.15, 0.2) is 0 Å². The van der Waals surface area contributed by atoms with E-state index in [2.05, 4.69) is 31.5 Å². The normalized spacial score (nSPS) is 15.7. The Balaban J connectivity index is 1.40. The summed E-state index contributed by atoms with van der Waals surface area (Å²) < 4.78 is 7.24. The van der Waals surface area contributed by atoms with E-state index in [1.165, 1.54) is 5.56 Å². The molecule has 1 N–H and O–H groups in total. The quantitative estimate of drug-likeness (QED) is 0.592.